The van der Waals surface area contributed by atoms with Crippen LogP contribution >= 0.6 is 0 Å². The van der Waals surface area contributed by atoms with Crippen LogP contribution in [0.25, 0.3) is 0 Å². The van der Waals surface area contributed by atoms with Gasteiger partial charge in [-0.05, 0) is 6.07 Å². The lowest BCUT2D eigenvalue weighted by atomic mass is 10.2. The highest BCUT2D eigenvalue weighted by Crippen LogP contribution is 2.24. The molecule has 0 bridgehead atoms. The molecule has 86 valence electrons. The van der Waals surface area contributed by atoms with Crippen molar-refractivity contribution >= 4 is 21.5 Å². The van der Waals surface area contributed by atoms with Gasteiger partial charge in [-0.25, -0.2) is 8.42 Å². The largest absolute Gasteiger partial charge is 0.545 e. The zero-order valence-corrected chi connectivity index (χ0v) is 8.85. The van der Waals surface area contributed by atoms with Crippen LogP contribution in [0.3, 0.4) is 0 Å². The molecule has 0 N–H and O–H groups in total. The number of nitrogens with zero attached hydrogens (tertiary/aromatic N) is 1. The number of hydrogen-bond donors (Lipinski definition) is 0. The van der Waals surface area contributed by atoms with Gasteiger partial charge in [-0.3, -0.25) is 10.1 Å². The second-order valence-electron chi connectivity index (χ2n) is 3.00. The summed E-state index contributed by atoms with van der Waals surface area (Å²) in [6, 6.07) is 2.48. The fraction of sp³-hybridized carbons (Fsp3) is 0.125. The molecule has 0 radical (unpaired) electrons. The van der Waals surface area contributed by atoms with E-state index in [4.69, 9.17) is 0 Å². The summed E-state index contributed by atoms with van der Waals surface area (Å²) in [5, 5.41) is 21.0. The number of hydrogen-bond acceptors (Lipinski definition) is 6. The maximum atomic E-state index is 11.2. The van der Waals surface area contributed by atoms with Crippen LogP contribution in [0.15, 0.2) is 23.1 Å². The maximum absolute atomic E-state index is 11.2. The minimum absolute atomic E-state index is 0.445. The number of nitro benzene ring substituents is 1. The molecular formula is C8H6NO6S-. The third-order valence-electron chi connectivity index (χ3n) is 1.79. The first kappa shape index (κ1) is 12.1. The van der Waals surface area contributed by atoms with Crippen LogP contribution in [0.2, 0.25) is 0 Å². The van der Waals surface area contributed by atoms with Crippen LogP contribution in [0.4, 0.5) is 5.69 Å². The van der Waals surface area contributed by atoms with Crippen LogP contribution in [0.5, 0.6) is 0 Å². The van der Waals surface area contributed by atoms with Gasteiger partial charge in [0.15, 0.2) is 9.84 Å². The lowest BCUT2D eigenvalue weighted by molar-refractivity contribution is -0.387. The van der Waals surface area contributed by atoms with Crippen molar-refractivity contribution in [3.63, 3.8) is 0 Å². The molecule has 0 aliphatic carbocycles. The Balaban J connectivity index is 3.55. The molecule has 0 aliphatic rings. The van der Waals surface area contributed by atoms with Gasteiger partial charge in [0.1, 0.15) is 4.90 Å². The van der Waals surface area contributed by atoms with Crippen molar-refractivity contribution < 1.29 is 23.2 Å². The highest BCUT2D eigenvalue weighted by Gasteiger charge is 2.22. The molecule has 0 spiro atoms. The zero-order valence-electron chi connectivity index (χ0n) is 8.04. The quantitative estimate of drug-likeness (QED) is 0.515. The van der Waals surface area contributed by atoms with E-state index in [2.05, 4.69) is 0 Å². The SMILES string of the molecule is CS(=O)(=O)c1ccc(C(=O)[O-])cc1[N+](=O)[O-]. The van der Waals surface area contributed by atoms with Crippen molar-refractivity contribution in [2.75, 3.05) is 6.26 Å². The first-order valence-electron chi connectivity index (χ1n) is 3.93. The predicted molar refractivity (Wildman–Crippen MR) is 50.5 cm³/mol. The number of carbonyl (C=O) groups is 1. The summed E-state index contributed by atoms with van der Waals surface area (Å²) >= 11 is 0. The van der Waals surface area contributed by atoms with E-state index in [0.717, 1.165) is 18.4 Å². The van der Waals surface area contributed by atoms with Gasteiger partial charge in [0, 0.05) is 17.9 Å². The molecule has 0 atom stereocenters. The average molecular weight is 244 g/mol. The molecule has 1 rings (SSSR count). The smallest absolute Gasteiger partial charge is 0.288 e. The highest BCUT2D eigenvalue weighted by atomic mass is 32.2. The molecule has 0 aliphatic heterocycles. The van der Waals surface area contributed by atoms with E-state index in [1.165, 1.54) is 0 Å². The van der Waals surface area contributed by atoms with E-state index in [9.17, 15) is 28.4 Å². The van der Waals surface area contributed by atoms with E-state index in [0.29, 0.717) is 6.07 Å². The monoisotopic (exact) mass is 244 g/mol. The Bertz CT molecular complexity index is 562. The van der Waals surface area contributed by atoms with Crippen LogP contribution < -0.4 is 5.11 Å². The molecule has 0 saturated heterocycles. The third-order valence-corrected chi connectivity index (χ3v) is 2.93. The summed E-state index contributed by atoms with van der Waals surface area (Å²) in [5.74, 6) is -1.61. The Hall–Kier alpha value is -1.96. The van der Waals surface area contributed by atoms with E-state index in [-0.39, 0.29) is 0 Å². The summed E-state index contributed by atoms with van der Waals surface area (Å²) in [6.45, 7) is 0. The predicted octanol–water partition coefficient (Wildman–Crippen LogP) is -0.638. The minimum atomic E-state index is -3.78. The lowest BCUT2D eigenvalue weighted by Crippen LogP contribution is -2.22. The molecule has 0 heterocycles. The van der Waals surface area contributed by atoms with Crippen LogP contribution in [0.1, 0.15) is 10.4 Å². The van der Waals surface area contributed by atoms with Gasteiger partial charge in [-0.15, -0.1) is 0 Å². The number of carboxylic acid groups (broad SMARTS) is 1. The Kier molecular flexibility index (Phi) is 2.95. The van der Waals surface area contributed by atoms with Crippen molar-refractivity contribution in [3.8, 4) is 0 Å². The van der Waals surface area contributed by atoms with Crippen molar-refractivity contribution in [2.24, 2.45) is 0 Å². The van der Waals surface area contributed by atoms with E-state index >= 15 is 0 Å². The van der Waals surface area contributed by atoms with Gasteiger partial charge in [0.2, 0.25) is 0 Å². The minimum Gasteiger partial charge on any atom is -0.545 e. The average Bonchev–Trinajstić information content (AvgIpc) is 2.15. The summed E-state index contributed by atoms with van der Waals surface area (Å²) in [7, 11) is -3.78. The number of carbonyl (C=O) groups excluding carboxylic acids is 1. The Labute approximate surface area is 90.4 Å². The second kappa shape index (κ2) is 3.89. The number of aromatic carboxylic acids is 1. The van der Waals surface area contributed by atoms with Gasteiger partial charge in [0.25, 0.3) is 5.69 Å². The molecule has 0 amide bonds. The molecule has 0 fully saturated rings. The number of carboxylic acids is 1. The number of sulfone groups is 1. The second-order valence-corrected chi connectivity index (χ2v) is 4.98. The van der Waals surface area contributed by atoms with Gasteiger partial charge >= 0.3 is 0 Å². The highest BCUT2D eigenvalue weighted by molar-refractivity contribution is 7.90. The Morgan fingerprint density at radius 1 is 1.38 bits per heavy atom. The van der Waals surface area contributed by atoms with E-state index < -0.39 is 36.9 Å². The third kappa shape index (κ3) is 2.34. The number of rotatable bonds is 3. The molecule has 8 heteroatoms. The maximum Gasteiger partial charge on any atom is 0.288 e. The summed E-state index contributed by atoms with van der Waals surface area (Å²) in [5.41, 5.74) is -1.22. The van der Waals surface area contributed by atoms with Gasteiger partial charge in [-0.1, -0.05) is 6.07 Å². The molecular weight excluding hydrogens is 238 g/mol. The first-order valence-corrected chi connectivity index (χ1v) is 5.82. The summed E-state index contributed by atoms with van der Waals surface area (Å²) in [6.07, 6.45) is 0.800. The molecule has 0 unspecified atom stereocenters. The van der Waals surface area contributed by atoms with Gasteiger partial charge in [0.05, 0.1) is 10.9 Å². The lowest BCUT2D eigenvalue weighted by Gasteiger charge is -2.04. The van der Waals surface area contributed by atoms with Crippen LogP contribution in [-0.2, 0) is 9.84 Å². The molecule has 0 saturated carbocycles. The van der Waals surface area contributed by atoms with Gasteiger partial charge < -0.3 is 9.90 Å². The molecule has 0 aromatic heterocycles. The fourth-order valence-corrected chi connectivity index (χ4v) is 1.93. The van der Waals surface area contributed by atoms with E-state index in [1.807, 2.05) is 0 Å². The van der Waals surface area contributed by atoms with Crippen LogP contribution in [0, 0.1) is 10.1 Å². The van der Waals surface area contributed by atoms with Crippen molar-refractivity contribution in [1.82, 2.24) is 0 Å². The summed E-state index contributed by atoms with van der Waals surface area (Å²) < 4.78 is 22.3. The first-order chi connectivity index (χ1) is 7.23. The molecule has 7 nitrogen and oxygen atoms in total. The van der Waals surface area contributed by atoms with E-state index in [1.54, 1.807) is 0 Å². The normalized spacial score (nSPS) is 11.1. The molecule has 16 heavy (non-hydrogen) atoms. The zero-order chi connectivity index (χ0) is 12.5. The summed E-state index contributed by atoms with van der Waals surface area (Å²) in [4.78, 5) is 19.5. The fourth-order valence-electron chi connectivity index (χ4n) is 1.10. The molecule has 1 aromatic rings. The van der Waals surface area contributed by atoms with Crippen LogP contribution in [-0.4, -0.2) is 25.6 Å². The van der Waals surface area contributed by atoms with Crippen molar-refractivity contribution in [1.29, 1.82) is 0 Å². The Morgan fingerprint density at radius 2 is 1.94 bits per heavy atom. The topological polar surface area (TPSA) is 117 Å². The molecule has 1 aromatic carbocycles. The standard InChI is InChI=1S/C8H7NO6S/c1-16(14,15)7-3-2-5(8(10)11)4-6(7)9(12)13/h2-4H,1H3,(H,10,11)/p-1. The van der Waals surface area contributed by atoms with Crippen molar-refractivity contribution in [3.05, 3.63) is 33.9 Å². The number of nitro groups is 1. The van der Waals surface area contributed by atoms with Crippen molar-refractivity contribution in [2.45, 2.75) is 4.90 Å². The number of benzene rings is 1. The Morgan fingerprint density at radius 3 is 2.31 bits per heavy atom. The van der Waals surface area contributed by atoms with Gasteiger partial charge in [-0.2, -0.15) is 0 Å².